The van der Waals surface area contributed by atoms with Gasteiger partial charge >= 0.3 is 0 Å². The molecule has 0 bridgehead atoms. The zero-order valence-corrected chi connectivity index (χ0v) is 9.52. The lowest BCUT2D eigenvalue weighted by Gasteiger charge is -2.13. The molecule has 2 aromatic rings. The molecule has 3 nitrogen and oxygen atoms in total. The van der Waals surface area contributed by atoms with Crippen LogP contribution < -0.4 is 11.3 Å². The maximum absolute atomic E-state index is 5.89. The Bertz CT molecular complexity index is 413. The van der Waals surface area contributed by atoms with Crippen LogP contribution in [-0.4, -0.2) is 0 Å². The maximum atomic E-state index is 5.89. The van der Waals surface area contributed by atoms with E-state index < -0.39 is 0 Å². The standard InChI is InChI=1S/C10H11ClN2OS/c11-10-8(1-3-14-10)9(13-12)5-7-2-4-15-6-7/h1-4,6,9,13H,5,12H2. The Morgan fingerprint density at radius 1 is 1.53 bits per heavy atom. The molecule has 1 unspecified atom stereocenters. The molecule has 2 heterocycles. The molecule has 0 aliphatic carbocycles. The predicted molar refractivity (Wildman–Crippen MR) is 61.8 cm³/mol. The molecule has 80 valence electrons. The van der Waals surface area contributed by atoms with E-state index in [0.717, 1.165) is 12.0 Å². The summed E-state index contributed by atoms with van der Waals surface area (Å²) in [6.45, 7) is 0. The average molecular weight is 243 g/mol. The molecule has 2 aromatic heterocycles. The molecule has 0 saturated heterocycles. The molecule has 1 atom stereocenters. The van der Waals surface area contributed by atoms with Crippen LogP contribution in [0.4, 0.5) is 0 Å². The number of hydrogen-bond donors (Lipinski definition) is 2. The van der Waals surface area contributed by atoms with Crippen LogP contribution in [0, 0.1) is 0 Å². The second-order valence-electron chi connectivity index (χ2n) is 3.20. The van der Waals surface area contributed by atoms with Crippen LogP contribution in [-0.2, 0) is 6.42 Å². The minimum absolute atomic E-state index is 0.00847. The first-order valence-electron chi connectivity index (χ1n) is 4.51. The van der Waals surface area contributed by atoms with E-state index in [2.05, 4.69) is 16.9 Å². The Hall–Kier alpha value is -0.810. The largest absolute Gasteiger partial charge is 0.453 e. The van der Waals surface area contributed by atoms with E-state index in [9.17, 15) is 0 Å². The number of thiophene rings is 1. The summed E-state index contributed by atoms with van der Waals surface area (Å²) in [6, 6.07) is 3.90. The molecule has 0 aliphatic rings. The van der Waals surface area contributed by atoms with Gasteiger partial charge in [0.15, 0.2) is 5.22 Å². The lowest BCUT2D eigenvalue weighted by atomic mass is 10.0. The number of halogens is 1. The molecule has 0 spiro atoms. The molecule has 0 amide bonds. The van der Waals surface area contributed by atoms with Crippen molar-refractivity contribution >= 4 is 22.9 Å². The van der Waals surface area contributed by atoms with Gasteiger partial charge in [0.2, 0.25) is 0 Å². The van der Waals surface area contributed by atoms with E-state index in [1.165, 1.54) is 5.56 Å². The third kappa shape index (κ3) is 2.41. The van der Waals surface area contributed by atoms with Crippen LogP contribution in [0.5, 0.6) is 0 Å². The van der Waals surface area contributed by atoms with Crippen molar-refractivity contribution in [2.75, 3.05) is 0 Å². The van der Waals surface area contributed by atoms with Gasteiger partial charge in [-0.15, -0.1) is 0 Å². The van der Waals surface area contributed by atoms with Gasteiger partial charge in [-0.1, -0.05) is 0 Å². The summed E-state index contributed by atoms with van der Waals surface area (Å²) in [5, 5.41) is 4.53. The Labute approximate surface area is 96.8 Å². The number of nitrogens with two attached hydrogens (primary N) is 1. The summed E-state index contributed by atoms with van der Waals surface area (Å²) in [6.07, 6.45) is 2.37. The zero-order valence-electron chi connectivity index (χ0n) is 7.94. The minimum atomic E-state index is -0.00847. The van der Waals surface area contributed by atoms with Gasteiger partial charge in [-0.05, 0) is 46.5 Å². The summed E-state index contributed by atoms with van der Waals surface area (Å²) < 4.78 is 5.04. The Balaban J connectivity index is 2.15. The normalized spacial score (nSPS) is 12.9. The van der Waals surface area contributed by atoms with Gasteiger partial charge in [0.05, 0.1) is 12.3 Å². The topological polar surface area (TPSA) is 51.2 Å². The molecule has 2 rings (SSSR count). The Morgan fingerprint density at radius 2 is 2.40 bits per heavy atom. The molecule has 3 N–H and O–H groups in total. The number of rotatable bonds is 4. The maximum Gasteiger partial charge on any atom is 0.197 e. The third-order valence-electron chi connectivity index (χ3n) is 2.24. The molecule has 0 fully saturated rings. The van der Waals surface area contributed by atoms with Crippen molar-refractivity contribution < 1.29 is 4.42 Å². The van der Waals surface area contributed by atoms with Gasteiger partial charge in [0, 0.05) is 5.56 Å². The first kappa shape index (κ1) is 10.7. The fourth-order valence-corrected chi connectivity index (χ4v) is 2.38. The molecular formula is C10H11ClN2OS. The Kier molecular flexibility index (Phi) is 3.43. The van der Waals surface area contributed by atoms with Crippen LogP contribution in [0.25, 0.3) is 0 Å². The summed E-state index contributed by atoms with van der Waals surface area (Å²) in [4.78, 5) is 0. The van der Waals surface area contributed by atoms with Gasteiger partial charge < -0.3 is 4.42 Å². The number of furan rings is 1. The van der Waals surface area contributed by atoms with Crippen LogP contribution in [0.3, 0.4) is 0 Å². The summed E-state index contributed by atoms with van der Waals surface area (Å²) in [7, 11) is 0. The second kappa shape index (κ2) is 4.81. The molecule has 0 aromatic carbocycles. The first-order chi connectivity index (χ1) is 7.31. The van der Waals surface area contributed by atoms with Crippen molar-refractivity contribution in [2.45, 2.75) is 12.5 Å². The average Bonchev–Trinajstić information content (AvgIpc) is 2.85. The number of nitrogens with one attached hydrogen (secondary N) is 1. The van der Waals surface area contributed by atoms with E-state index >= 15 is 0 Å². The lowest BCUT2D eigenvalue weighted by molar-refractivity contribution is 0.527. The van der Waals surface area contributed by atoms with Gasteiger partial charge in [0.1, 0.15) is 0 Å². The summed E-state index contributed by atoms with van der Waals surface area (Å²) in [5.74, 6) is 5.50. The SMILES string of the molecule is NNC(Cc1ccsc1)c1ccoc1Cl. The third-order valence-corrected chi connectivity index (χ3v) is 3.28. The molecule has 0 aliphatic heterocycles. The fraction of sp³-hybridized carbons (Fsp3) is 0.200. The number of hydrogen-bond acceptors (Lipinski definition) is 4. The summed E-state index contributed by atoms with van der Waals surface area (Å²) >= 11 is 7.56. The minimum Gasteiger partial charge on any atom is -0.453 e. The van der Waals surface area contributed by atoms with E-state index in [4.69, 9.17) is 21.9 Å². The van der Waals surface area contributed by atoms with Crippen molar-refractivity contribution in [3.8, 4) is 0 Å². The van der Waals surface area contributed by atoms with E-state index in [-0.39, 0.29) is 6.04 Å². The van der Waals surface area contributed by atoms with E-state index in [1.54, 1.807) is 17.6 Å². The van der Waals surface area contributed by atoms with Gasteiger partial charge in [-0.25, -0.2) is 0 Å². The highest BCUT2D eigenvalue weighted by molar-refractivity contribution is 7.07. The van der Waals surface area contributed by atoms with Crippen molar-refractivity contribution in [1.29, 1.82) is 0 Å². The van der Waals surface area contributed by atoms with Crippen molar-refractivity contribution in [2.24, 2.45) is 5.84 Å². The number of hydrazine groups is 1. The van der Waals surface area contributed by atoms with Crippen LogP contribution in [0.1, 0.15) is 17.2 Å². The van der Waals surface area contributed by atoms with Crippen LogP contribution >= 0.6 is 22.9 Å². The monoisotopic (exact) mass is 242 g/mol. The highest BCUT2D eigenvalue weighted by Gasteiger charge is 2.16. The first-order valence-corrected chi connectivity index (χ1v) is 5.83. The van der Waals surface area contributed by atoms with Crippen molar-refractivity contribution in [3.05, 3.63) is 45.5 Å². The smallest absolute Gasteiger partial charge is 0.197 e. The zero-order chi connectivity index (χ0) is 10.7. The highest BCUT2D eigenvalue weighted by Crippen LogP contribution is 2.26. The lowest BCUT2D eigenvalue weighted by Crippen LogP contribution is -2.29. The van der Waals surface area contributed by atoms with Crippen molar-refractivity contribution in [3.63, 3.8) is 0 Å². The van der Waals surface area contributed by atoms with Crippen LogP contribution in [0.2, 0.25) is 5.22 Å². The van der Waals surface area contributed by atoms with Crippen LogP contribution in [0.15, 0.2) is 33.6 Å². The Morgan fingerprint density at radius 3 is 2.93 bits per heavy atom. The van der Waals surface area contributed by atoms with Gasteiger partial charge in [-0.3, -0.25) is 11.3 Å². The predicted octanol–water partition coefficient (Wildman–Crippen LogP) is 2.74. The molecule has 5 heteroatoms. The molecule has 0 radical (unpaired) electrons. The quantitative estimate of drug-likeness (QED) is 0.640. The summed E-state index contributed by atoms with van der Waals surface area (Å²) in [5.41, 5.74) is 4.87. The van der Waals surface area contributed by atoms with Gasteiger partial charge in [-0.2, -0.15) is 11.3 Å². The van der Waals surface area contributed by atoms with E-state index in [0.29, 0.717) is 5.22 Å². The molecular weight excluding hydrogens is 232 g/mol. The van der Waals surface area contributed by atoms with E-state index in [1.807, 2.05) is 11.4 Å². The molecule has 0 saturated carbocycles. The second-order valence-corrected chi connectivity index (χ2v) is 4.33. The van der Waals surface area contributed by atoms with Gasteiger partial charge in [0.25, 0.3) is 0 Å². The van der Waals surface area contributed by atoms with Crippen molar-refractivity contribution in [1.82, 2.24) is 5.43 Å². The highest BCUT2D eigenvalue weighted by atomic mass is 35.5. The fourth-order valence-electron chi connectivity index (χ4n) is 1.46. The molecule has 15 heavy (non-hydrogen) atoms.